The van der Waals surface area contributed by atoms with Crippen LogP contribution < -0.4 is 10.7 Å². The van der Waals surface area contributed by atoms with Crippen molar-refractivity contribution in [2.24, 2.45) is 0 Å². The van der Waals surface area contributed by atoms with Crippen molar-refractivity contribution in [1.29, 1.82) is 0 Å². The van der Waals surface area contributed by atoms with Crippen molar-refractivity contribution in [2.75, 3.05) is 0 Å². The molecule has 27 heavy (non-hydrogen) atoms. The van der Waals surface area contributed by atoms with E-state index in [0.29, 0.717) is 5.69 Å². The summed E-state index contributed by atoms with van der Waals surface area (Å²) in [4.78, 5) is 25.4. The molecule has 0 spiro atoms. The highest BCUT2D eigenvalue weighted by atomic mass is 32.1. The Bertz CT molecular complexity index is 1030. The molecule has 140 valence electrons. The molecule has 9 heteroatoms. The maximum absolute atomic E-state index is 12.9. The summed E-state index contributed by atoms with van der Waals surface area (Å²) >= 11 is 1.45. The predicted octanol–water partition coefficient (Wildman–Crippen LogP) is 3.55. The minimum Gasteiger partial charge on any atom is -0.346 e. The molecule has 3 aromatic rings. The van der Waals surface area contributed by atoms with Gasteiger partial charge in [-0.2, -0.15) is 18.3 Å². The van der Waals surface area contributed by atoms with Crippen LogP contribution in [0.25, 0.3) is 5.69 Å². The summed E-state index contributed by atoms with van der Waals surface area (Å²) in [6.07, 6.45) is -4.51. The number of amides is 1. The standard InChI is InChI=1S/C18H14F3N3O2S/c1-11-8-15(25)16(17(26)22-10-14-6-3-7-27-14)23-24(11)13-5-2-4-12(9-13)18(19,20)21/h2-9H,10H2,1H3,(H,22,26). The van der Waals surface area contributed by atoms with Crippen molar-refractivity contribution < 1.29 is 18.0 Å². The van der Waals surface area contributed by atoms with Gasteiger partial charge in [-0.25, -0.2) is 4.68 Å². The Labute approximate surface area is 156 Å². The first-order chi connectivity index (χ1) is 12.8. The van der Waals surface area contributed by atoms with Crippen LogP contribution in [-0.2, 0) is 12.7 Å². The van der Waals surface area contributed by atoms with Crippen molar-refractivity contribution in [1.82, 2.24) is 15.1 Å². The number of aryl methyl sites for hydroxylation is 1. The molecule has 2 aromatic heterocycles. The molecule has 1 amide bonds. The quantitative estimate of drug-likeness (QED) is 0.737. The van der Waals surface area contributed by atoms with Gasteiger partial charge < -0.3 is 5.32 Å². The van der Waals surface area contributed by atoms with E-state index in [4.69, 9.17) is 0 Å². The van der Waals surface area contributed by atoms with E-state index in [1.807, 2.05) is 17.5 Å². The van der Waals surface area contributed by atoms with Crippen LogP contribution in [0.4, 0.5) is 13.2 Å². The molecule has 0 bridgehead atoms. The van der Waals surface area contributed by atoms with E-state index in [1.165, 1.54) is 36.5 Å². The molecule has 0 saturated carbocycles. The van der Waals surface area contributed by atoms with Crippen LogP contribution in [-0.4, -0.2) is 15.7 Å². The van der Waals surface area contributed by atoms with Gasteiger partial charge in [0, 0.05) is 16.6 Å². The highest BCUT2D eigenvalue weighted by Gasteiger charge is 2.30. The molecule has 5 nitrogen and oxygen atoms in total. The van der Waals surface area contributed by atoms with Gasteiger partial charge in [-0.05, 0) is 36.6 Å². The topological polar surface area (TPSA) is 64.0 Å². The third kappa shape index (κ3) is 4.25. The van der Waals surface area contributed by atoms with Crippen molar-refractivity contribution in [3.05, 3.63) is 79.9 Å². The first kappa shape index (κ1) is 18.8. The van der Waals surface area contributed by atoms with Crippen LogP contribution in [0.3, 0.4) is 0 Å². The molecule has 2 heterocycles. The summed E-state index contributed by atoms with van der Waals surface area (Å²) in [6.45, 7) is 1.76. The Kier molecular flexibility index (Phi) is 5.13. The van der Waals surface area contributed by atoms with Crippen molar-refractivity contribution >= 4 is 17.2 Å². The summed E-state index contributed by atoms with van der Waals surface area (Å²) in [5.41, 5.74) is -1.40. The molecule has 1 aromatic carbocycles. The van der Waals surface area contributed by atoms with Gasteiger partial charge in [0.15, 0.2) is 5.69 Å². The lowest BCUT2D eigenvalue weighted by Gasteiger charge is -2.13. The second-order valence-electron chi connectivity index (χ2n) is 5.72. The zero-order valence-corrected chi connectivity index (χ0v) is 14.9. The fourth-order valence-corrected chi connectivity index (χ4v) is 3.09. The number of nitrogens with zero attached hydrogens (tertiary/aromatic N) is 2. The molecule has 0 aliphatic heterocycles. The number of hydrogen-bond donors (Lipinski definition) is 1. The number of halogens is 3. The minimum atomic E-state index is -4.51. The number of aromatic nitrogens is 2. The Balaban J connectivity index is 1.95. The van der Waals surface area contributed by atoms with Gasteiger partial charge in [0.2, 0.25) is 5.43 Å². The van der Waals surface area contributed by atoms with Crippen LogP contribution in [0.2, 0.25) is 0 Å². The lowest BCUT2D eigenvalue weighted by atomic mass is 10.2. The maximum atomic E-state index is 12.9. The molecule has 0 atom stereocenters. The van der Waals surface area contributed by atoms with Crippen LogP contribution in [0, 0.1) is 6.92 Å². The van der Waals surface area contributed by atoms with E-state index in [0.717, 1.165) is 21.7 Å². The Morgan fingerprint density at radius 3 is 2.67 bits per heavy atom. The summed E-state index contributed by atoms with van der Waals surface area (Å²) in [6, 6.07) is 9.35. The molecule has 3 rings (SSSR count). The second-order valence-corrected chi connectivity index (χ2v) is 6.75. The Hall–Kier alpha value is -2.94. The molecular weight excluding hydrogens is 379 g/mol. The van der Waals surface area contributed by atoms with Gasteiger partial charge in [-0.15, -0.1) is 11.3 Å². The molecule has 0 fully saturated rings. The number of rotatable bonds is 4. The average molecular weight is 393 g/mol. The summed E-state index contributed by atoms with van der Waals surface area (Å²) in [5.74, 6) is -0.686. The first-order valence-electron chi connectivity index (χ1n) is 7.85. The van der Waals surface area contributed by atoms with E-state index >= 15 is 0 Å². The molecular formula is C18H14F3N3O2S. The largest absolute Gasteiger partial charge is 0.416 e. The normalized spacial score (nSPS) is 11.4. The fourth-order valence-electron chi connectivity index (χ4n) is 2.44. The highest BCUT2D eigenvalue weighted by molar-refractivity contribution is 7.09. The molecule has 0 radical (unpaired) electrons. The number of nitrogens with one attached hydrogen (secondary N) is 1. The number of carbonyl (C=O) groups excluding carboxylic acids is 1. The highest BCUT2D eigenvalue weighted by Crippen LogP contribution is 2.30. The minimum absolute atomic E-state index is 0.106. The van der Waals surface area contributed by atoms with Gasteiger partial charge >= 0.3 is 6.18 Å². The maximum Gasteiger partial charge on any atom is 0.416 e. The zero-order valence-electron chi connectivity index (χ0n) is 14.1. The number of thiophene rings is 1. The SMILES string of the molecule is Cc1cc(=O)c(C(=O)NCc2cccs2)nn1-c1cccc(C(F)(F)F)c1. The lowest BCUT2D eigenvalue weighted by Crippen LogP contribution is -2.31. The third-order valence-electron chi connectivity index (χ3n) is 3.74. The van der Waals surface area contributed by atoms with Crippen LogP contribution in [0.15, 0.2) is 52.6 Å². The smallest absolute Gasteiger partial charge is 0.346 e. The lowest BCUT2D eigenvalue weighted by molar-refractivity contribution is -0.137. The Morgan fingerprint density at radius 2 is 2.00 bits per heavy atom. The predicted molar refractivity (Wildman–Crippen MR) is 95.1 cm³/mol. The van der Waals surface area contributed by atoms with Crippen molar-refractivity contribution in [2.45, 2.75) is 19.6 Å². The van der Waals surface area contributed by atoms with E-state index in [-0.39, 0.29) is 17.9 Å². The van der Waals surface area contributed by atoms with Gasteiger partial charge in [-0.3, -0.25) is 9.59 Å². The van der Waals surface area contributed by atoms with Gasteiger partial charge in [-0.1, -0.05) is 12.1 Å². The molecule has 0 unspecified atom stereocenters. The van der Waals surface area contributed by atoms with Gasteiger partial charge in [0.05, 0.1) is 17.8 Å². The van der Waals surface area contributed by atoms with Crippen LogP contribution >= 0.6 is 11.3 Å². The zero-order chi connectivity index (χ0) is 19.6. The molecule has 0 saturated heterocycles. The molecule has 0 aliphatic carbocycles. The third-order valence-corrected chi connectivity index (χ3v) is 4.62. The van der Waals surface area contributed by atoms with E-state index < -0.39 is 23.1 Å². The van der Waals surface area contributed by atoms with Crippen molar-refractivity contribution in [3.63, 3.8) is 0 Å². The number of alkyl halides is 3. The fraction of sp³-hybridized carbons (Fsp3) is 0.167. The first-order valence-corrected chi connectivity index (χ1v) is 8.73. The van der Waals surface area contributed by atoms with Crippen LogP contribution in [0.1, 0.15) is 26.6 Å². The summed E-state index contributed by atoms with van der Waals surface area (Å²) in [5, 5.41) is 8.44. The van der Waals surface area contributed by atoms with E-state index in [9.17, 15) is 22.8 Å². The van der Waals surface area contributed by atoms with Gasteiger partial charge in [0.25, 0.3) is 5.91 Å². The second kappa shape index (κ2) is 7.36. The van der Waals surface area contributed by atoms with E-state index in [2.05, 4.69) is 10.4 Å². The number of hydrogen-bond acceptors (Lipinski definition) is 4. The number of carbonyl (C=O) groups is 1. The summed E-state index contributed by atoms with van der Waals surface area (Å²) < 4.78 is 40.0. The molecule has 0 aliphatic rings. The average Bonchev–Trinajstić information content (AvgIpc) is 3.13. The van der Waals surface area contributed by atoms with Crippen molar-refractivity contribution in [3.8, 4) is 5.69 Å². The Morgan fingerprint density at radius 1 is 1.22 bits per heavy atom. The van der Waals surface area contributed by atoms with E-state index in [1.54, 1.807) is 0 Å². The number of benzene rings is 1. The van der Waals surface area contributed by atoms with Crippen LogP contribution in [0.5, 0.6) is 0 Å². The monoisotopic (exact) mass is 393 g/mol. The molecule has 1 N–H and O–H groups in total. The summed E-state index contributed by atoms with van der Waals surface area (Å²) in [7, 11) is 0. The van der Waals surface area contributed by atoms with Gasteiger partial charge in [0.1, 0.15) is 0 Å².